The minimum Gasteiger partial charge on any atom is -0.367 e. The van der Waals surface area contributed by atoms with E-state index in [9.17, 15) is 34.4 Å². The Hall–Kier alpha value is -2.03. The third-order valence-electron chi connectivity index (χ3n) is 3.83. The number of nitrogens with one attached hydrogen (secondary N) is 1. The van der Waals surface area contributed by atoms with E-state index in [1.165, 1.54) is 36.4 Å². The molecule has 154 valence electrons. The Morgan fingerprint density at radius 2 is 1.36 bits per heavy atom. The number of nitrogens with two attached hydrogens (primary N) is 1. The second kappa shape index (κ2) is 8.14. The van der Waals surface area contributed by atoms with E-state index in [0.29, 0.717) is 0 Å². The number of hydrogen-bond acceptors (Lipinski definition) is 7. The fourth-order valence-electron chi connectivity index (χ4n) is 2.47. The van der Waals surface area contributed by atoms with Crippen molar-refractivity contribution < 1.29 is 34.4 Å². The molecule has 10 nitrogen and oxygen atoms in total. The van der Waals surface area contributed by atoms with Gasteiger partial charge in [-0.3, -0.25) is 9.11 Å². The summed E-state index contributed by atoms with van der Waals surface area (Å²) in [6.45, 7) is 0. The maximum absolute atomic E-state index is 11.8. The van der Waals surface area contributed by atoms with Gasteiger partial charge in [0.2, 0.25) is 10.0 Å². The zero-order valence-corrected chi connectivity index (χ0v) is 16.7. The summed E-state index contributed by atoms with van der Waals surface area (Å²) < 4.78 is 88.6. The number of sulfonamides is 1. The van der Waals surface area contributed by atoms with Crippen LogP contribution >= 0.6 is 0 Å². The Labute approximate surface area is 162 Å². The molecule has 0 heterocycles. The lowest BCUT2D eigenvalue weighted by atomic mass is 10.1. The van der Waals surface area contributed by atoms with Gasteiger partial charge in [0.15, 0.2) is 5.37 Å². The zero-order valence-electron chi connectivity index (χ0n) is 14.2. The molecule has 0 aromatic heterocycles. The van der Waals surface area contributed by atoms with E-state index < -0.39 is 47.3 Å². The number of primary sulfonamides is 1. The molecule has 5 N–H and O–H groups in total. The Morgan fingerprint density at radius 1 is 0.821 bits per heavy atom. The van der Waals surface area contributed by atoms with Crippen molar-refractivity contribution in [2.75, 3.05) is 5.32 Å². The SMILES string of the molecule is NS(=O)(=O)c1ccc(N[C@H](C[C@@H](c2ccccc2)S(=O)(=O)O)S(=O)(=O)O)cc1. The fourth-order valence-corrected chi connectivity index (χ4v) is 4.77. The van der Waals surface area contributed by atoms with Crippen LogP contribution in [0.15, 0.2) is 59.5 Å². The molecule has 0 unspecified atom stereocenters. The smallest absolute Gasteiger partial charge is 0.286 e. The number of anilines is 1. The van der Waals surface area contributed by atoms with Crippen molar-refractivity contribution in [3.05, 3.63) is 60.2 Å². The van der Waals surface area contributed by atoms with E-state index in [1.54, 1.807) is 6.07 Å². The second-order valence-corrected chi connectivity index (χ2v) is 10.6. The van der Waals surface area contributed by atoms with Crippen LogP contribution in [0.2, 0.25) is 0 Å². The van der Waals surface area contributed by atoms with E-state index in [4.69, 9.17) is 5.14 Å². The fraction of sp³-hybridized carbons (Fsp3) is 0.200. The normalized spacial score (nSPS) is 15.0. The van der Waals surface area contributed by atoms with Crippen LogP contribution in [0.4, 0.5) is 5.69 Å². The van der Waals surface area contributed by atoms with Crippen LogP contribution in [0.25, 0.3) is 0 Å². The third-order valence-corrected chi connectivity index (χ3v) is 6.97. The van der Waals surface area contributed by atoms with Crippen molar-refractivity contribution in [1.29, 1.82) is 0 Å². The van der Waals surface area contributed by atoms with Gasteiger partial charge in [0.25, 0.3) is 20.2 Å². The lowest BCUT2D eigenvalue weighted by Crippen LogP contribution is -2.32. The molecule has 0 saturated heterocycles. The van der Waals surface area contributed by atoms with Gasteiger partial charge in [0, 0.05) is 12.1 Å². The van der Waals surface area contributed by atoms with Crippen LogP contribution in [0, 0.1) is 0 Å². The van der Waals surface area contributed by atoms with E-state index in [2.05, 4.69) is 5.32 Å². The summed E-state index contributed by atoms with van der Waals surface area (Å²) in [6, 6.07) is 12.0. The predicted octanol–water partition coefficient (Wildman–Crippen LogP) is 0.979. The standard InChI is InChI=1S/C15H18N2O8S3/c16-26(18,19)13-8-6-12(7-9-13)17-15(28(23,24)25)10-14(27(20,21)22)11-4-2-1-3-5-11/h1-9,14-15,17H,10H2,(H2,16,18,19)(H,20,21,22)(H,23,24,25)/t14-,15-/m0/s1. The molecule has 0 fully saturated rings. The maximum Gasteiger partial charge on any atom is 0.286 e. The Balaban J connectivity index is 2.36. The number of rotatable bonds is 8. The van der Waals surface area contributed by atoms with Gasteiger partial charge in [-0.25, -0.2) is 13.6 Å². The first-order chi connectivity index (χ1) is 12.8. The molecule has 0 bridgehead atoms. The van der Waals surface area contributed by atoms with Crippen LogP contribution in [-0.4, -0.2) is 39.7 Å². The number of hydrogen-bond donors (Lipinski definition) is 4. The van der Waals surface area contributed by atoms with Crippen molar-refractivity contribution in [3.8, 4) is 0 Å². The van der Waals surface area contributed by atoms with Gasteiger partial charge in [0.05, 0.1) is 4.90 Å². The molecule has 0 amide bonds. The summed E-state index contributed by atoms with van der Waals surface area (Å²) in [5.41, 5.74) is 0.210. The topological polar surface area (TPSA) is 181 Å². The van der Waals surface area contributed by atoms with Gasteiger partial charge < -0.3 is 5.32 Å². The average molecular weight is 451 g/mol. The third kappa shape index (κ3) is 5.98. The lowest BCUT2D eigenvalue weighted by Gasteiger charge is -2.22. The first-order valence-electron chi connectivity index (χ1n) is 7.65. The highest BCUT2D eigenvalue weighted by molar-refractivity contribution is 7.89. The maximum atomic E-state index is 11.8. The quantitative estimate of drug-likeness (QED) is 0.426. The van der Waals surface area contributed by atoms with Crippen LogP contribution in [-0.2, 0) is 30.3 Å². The highest BCUT2D eigenvalue weighted by atomic mass is 32.2. The van der Waals surface area contributed by atoms with Crippen LogP contribution in [0.5, 0.6) is 0 Å². The largest absolute Gasteiger partial charge is 0.367 e. The lowest BCUT2D eigenvalue weighted by molar-refractivity contribution is 0.451. The molecule has 0 aliphatic rings. The van der Waals surface area contributed by atoms with Gasteiger partial charge in [-0.05, 0) is 29.8 Å². The molecule has 28 heavy (non-hydrogen) atoms. The molecule has 2 aromatic rings. The first-order valence-corrected chi connectivity index (χ1v) is 12.2. The summed E-state index contributed by atoms with van der Waals surface area (Å²) >= 11 is 0. The molecule has 0 aliphatic carbocycles. The Morgan fingerprint density at radius 3 is 1.79 bits per heavy atom. The molecule has 0 radical (unpaired) electrons. The highest BCUT2D eigenvalue weighted by Gasteiger charge is 2.34. The average Bonchev–Trinajstić information content (AvgIpc) is 2.57. The summed E-state index contributed by atoms with van der Waals surface area (Å²) in [5.74, 6) is 0. The zero-order chi connectivity index (χ0) is 21.2. The molecule has 0 spiro atoms. The van der Waals surface area contributed by atoms with E-state index in [1.807, 2.05) is 0 Å². The molecular formula is C15H18N2O8S3. The van der Waals surface area contributed by atoms with Gasteiger partial charge >= 0.3 is 0 Å². The van der Waals surface area contributed by atoms with Gasteiger partial charge in [0.1, 0.15) is 5.25 Å². The van der Waals surface area contributed by atoms with E-state index in [0.717, 1.165) is 12.1 Å². The van der Waals surface area contributed by atoms with Crippen molar-refractivity contribution in [3.63, 3.8) is 0 Å². The van der Waals surface area contributed by atoms with E-state index in [-0.39, 0.29) is 16.1 Å². The Kier molecular flexibility index (Phi) is 6.48. The van der Waals surface area contributed by atoms with Crippen molar-refractivity contribution >= 4 is 35.9 Å². The molecule has 13 heteroatoms. The minimum absolute atomic E-state index is 0.0807. The molecule has 2 aromatic carbocycles. The molecule has 2 atom stereocenters. The first kappa shape index (κ1) is 22.3. The summed E-state index contributed by atoms with van der Waals surface area (Å²) in [4.78, 5) is -0.221. The van der Waals surface area contributed by atoms with Crippen molar-refractivity contribution in [2.24, 2.45) is 5.14 Å². The van der Waals surface area contributed by atoms with E-state index >= 15 is 0 Å². The summed E-state index contributed by atoms with van der Waals surface area (Å²) in [5, 5.41) is 3.96. The molecular weight excluding hydrogens is 432 g/mol. The molecule has 2 rings (SSSR count). The van der Waals surface area contributed by atoms with Gasteiger partial charge in [-0.1, -0.05) is 30.3 Å². The Bertz CT molecular complexity index is 1130. The number of benzene rings is 2. The van der Waals surface area contributed by atoms with Gasteiger partial charge in [-0.2, -0.15) is 16.8 Å². The molecule has 0 saturated carbocycles. The predicted molar refractivity (Wildman–Crippen MR) is 102 cm³/mol. The van der Waals surface area contributed by atoms with Crippen LogP contribution < -0.4 is 10.5 Å². The van der Waals surface area contributed by atoms with Crippen molar-refractivity contribution in [2.45, 2.75) is 21.9 Å². The van der Waals surface area contributed by atoms with Crippen LogP contribution in [0.3, 0.4) is 0 Å². The summed E-state index contributed by atoms with van der Waals surface area (Å²) in [7, 11) is -13.5. The minimum atomic E-state index is -4.79. The van der Waals surface area contributed by atoms with Crippen LogP contribution in [0.1, 0.15) is 17.2 Å². The van der Waals surface area contributed by atoms with Crippen molar-refractivity contribution in [1.82, 2.24) is 0 Å². The second-order valence-electron chi connectivity index (χ2n) is 5.87. The van der Waals surface area contributed by atoms with Gasteiger partial charge in [-0.15, -0.1) is 0 Å². The molecule has 0 aliphatic heterocycles. The highest BCUT2D eigenvalue weighted by Crippen LogP contribution is 2.29. The summed E-state index contributed by atoms with van der Waals surface area (Å²) in [6.07, 6.45) is -0.710. The monoisotopic (exact) mass is 450 g/mol.